The lowest BCUT2D eigenvalue weighted by molar-refractivity contribution is -0.111. The molecule has 0 aromatic heterocycles. The van der Waals surface area contributed by atoms with Gasteiger partial charge < -0.3 is 20.5 Å². The van der Waals surface area contributed by atoms with Crippen LogP contribution >= 0.6 is 0 Å². The van der Waals surface area contributed by atoms with Gasteiger partial charge in [-0.2, -0.15) is 0 Å². The molecule has 2 amide bonds. The molecule has 0 unspecified atom stereocenters. The number of hydrogen-bond donors (Lipinski definition) is 2. The smallest absolute Gasteiger partial charge is 0.251 e. The fourth-order valence-corrected chi connectivity index (χ4v) is 2.38. The molecule has 148 valence electrons. The predicted molar refractivity (Wildman–Crippen MR) is 106 cm³/mol. The van der Waals surface area contributed by atoms with Gasteiger partial charge in [-0.15, -0.1) is 0 Å². The molecule has 0 radical (unpaired) electrons. The average Bonchev–Trinajstić information content (AvgIpc) is 2.68. The Kier molecular flexibility index (Phi) is 7.56. The molecule has 2 rings (SSSR count). The minimum atomic E-state index is -0.905. The first-order valence-corrected chi connectivity index (χ1v) is 8.83. The van der Waals surface area contributed by atoms with Crippen molar-refractivity contribution in [1.82, 2.24) is 0 Å². The van der Waals surface area contributed by atoms with Crippen LogP contribution < -0.4 is 20.5 Å². The second kappa shape index (κ2) is 10.1. The lowest BCUT2D eigenvalue weighted by Gasteiger charge is -2.11. The van der Waals surface area contributed by atoms with Crippen LogP contribution in [0.1, 0.15) is 35.7 Å². The summed E-state index contributed by atoms with van der Waals surface area (Å²) in [4.78, 5) is 23.3. The van der Waals surface area contributed by atoms with E-state index in [9.17, 15) is 14.0 Å². The van der Waals surface area contributed by atoms with E-state index in [0.29, 0.717) is 18.1 Å². The SMILES string of the molecule is CCCCOc1ccc(/C=C/C(=O)Nc2ccc(F)c(C(N)=O)c2)cc1OC. The summed E-state index contributed by atoms with van der Waals surface area (Å²) in [7, 11) is 1.55. The van der Waals surface area contributed by atoms with Gasteiger partial charge >= 0.3 is 0 Å². The van der Waals surface area contributed by atoms with Crippen LogP contribution in [0.3, 0.4) is 0 Å². The molecule has 0 aliphatic rings. The number of anilines is 1. The Labute approximate surface area is 163 Å². The van der Waals surface area contributed by atoms with Crippen LogP contribution in [0, 0.1) is 5.82 Å². The number of primary amides is 1. The molecular formula is C21H23FN2O4. The minimum absolute atomic E-state index is 0.266. The molecule has 0 heterocycles. The number of carbonyl (C=O) groups is 2. The van der Waals surface area contributed by atoms with Crippen LogP contribution in [0.2, 0.25) is 0 Å². The zero-order chi connectivity index (χ0) is 20.5. The van der Waals surface area contributed by atoms with Gasteiger partial charge in [0, 0.05) is 11.8 Å². The molecule has 0 bridgehead atoms. The molecule has 0 fully saturated rings. The number of methoxy groups -OCH3 is 1. The van der Waals surface area contributed by atoms with Gasteiger partial charge in [-0.3, -0.25) is 9.59 Å². The van der Waals surface area contributed by atoms with Crippen molar-refractivity contribution in [2.24, 2.45) is 5.73 Å². The predicted octanol–water partition coefficient (Wildman–Crippen LogP) is 3.76. The maximum atomic E-state index is 13.5. The molecule has 28 heavy (non-hydrogen) atoms. The number of unbranched alkanes of at least 4 members (excludes halogenated alkanes) is 1. The first-order chi connectivity index (χ1) is 13.4. The molecule has 0 spiro atoms. The van der Waals surface area contributed by atoms with Crippen molar-refractivity contribution >= 4 is 23.6 Å². The first kappa shape index (κ1) is 21.0. The Balaban J connectivity index is 2.05. The third-order valence-corrected chi connectivity index (χ3v) is 3.87. The number of nitrogens with two attached hydrogens (primary N) is 1. The van der Waals surface area contributed by atoms with E-state index in [1.54, 1.807) is 31.4 Å². The van der Waals surface area contributed by atoms with Crippen molar-refractivity contribution in [3.8, 4) is 11.5 Å². The summed E-state index contributed by atoms with van der Waals surface area (Å²) in [6, 6.07) is 8.95. The normalized spacial score (nSPS) is 10.7. The van der Waals surface area contributed by atoms with Gasteiger partial charge in [0.2, 0.25) is 5.91 Å². The summed E-state index contributed by atoms with van der Waals surface area (Å²) in [6.07, 6.45) is 4.91. The highest BCUT2D eigenvalue weighted by atomic mass is 19.1. The highest BCUT2D eigenvalue weighted by molar-refractivity contribution is 6.03. The summed E-state index contributed by atoms with van der Waals surface area (Å²) in [5, 5.41) is 2.55. The minimum Gasteiger partial charge on any atom is -0.493 e. The van der Waals surface area contributed by atoms with Gasteiger partial charge in [0.15, 0.2) is 11.5 Å². The largest absolute Gasteiger partial charge is 0.493 e. The molecule has 0 saturated carbocycles. The van der Waals surface area contributed by atoms with Gasteiger partial charge in [-0.05, 0) is 48.4 Å². The maximum Gasteiger partial charge on any atom is 0.251 e. The highest BCUT2D eigenvalue weighted by Crippen LogP contribution is 2.28. The third kappa shape index (κ3) is 5.84. The molecule has 0 aliphatic carbocycles. The number of hydrogen-bond acceptors (Lipinski definition) is 4. The average molecular weight is 386 g/mol. The van der Waals surface area contributed by atoms with Crippen LogP contribution in [0.25, 0.3) is 6.08 Å². The topological polar surface area (TPSA) is 90.6 Å². The highest BCUT2D eigenvalue weighted by Gasteiger charge is 2.10. The molecular weight excluding hydrogens is 363 g/mol. The number of benzene rings is 2. The number of nitrogens with one attached hydrogen (secondary N) is 1. The summed E-state index contributed by atoms with van der Waals surface area (Å²) in [5.41, 5.74) is 5.82. The molecule has 6 nitrogen and oxygen atoms in total. The van der Waals surface area contributed by atoms with Gasteiger partial charge in [-0.1, -0.05) is 19.4 Å². The van der Waals surface area contributed by atoms with E-state index in [-0.39, 0.29) is 11.3 Å². The Bertz CT molecular complexity index is 881. The molecule has 0 atom stereocenters. The van der Waals surface area contributed by atoms with Crippen molar-refractivity contribution < 1.29 is 23.5 Å². The van der Waals surface area contributed by atoms with Gasteiger partial charge in [0.05, 0.1) is 19.3 Å². The molecule has 2 aromatic carbocycles. The van der Waals surface area contributed by atoms with Crippen LogP contribution in [-0.4, -0.2) is 25.5 Å². The molecule has 2 aromatic rings. The van der Waals surface area contributed by atoms with E-state index in [1.165, 1.54) is 18.2 Å². The van der Waals surface area contributed by atoms with E-state index in [4.69, 9.17) is 15.2 Å². The third-order valence-electron chi connectivity index (χ3n) is 3.87. The number of carbonyl (C=O) groups excluding carboxylic acids is 2. The second-order valence-corrected chi connectivity index (χ2v) is 5.99. The van der Waals surface area contributed by atoms with Crippen molar-refractivity contribution in [1.29, 1.82) is 0 Å². The maximum absolute atomic E-state index is 13.5. The summed E-state index contributed by atoms with van der Waals surface area (Å²) >= 11 is 0. The van der Waals surface area contributed by atoms with Crippen LogP contribution in [0.5, 0.6) is 11.5 Å². The van der Waals surface area contributed by atoms with E-state index < -0.39 is 17.6 Å². The lowest BCUT2D eigenvalue weighted by Crippen LogP contribution is -2.14. The number of halogens is 1. The zero-order valence-electron chi connectivity index (χ0n) is 15.8. The Morgan fingerprint density at radius 2 is 1.96 bits per heavy atom. The van der Waals surface area contributed by atoms with Crippen molar-refractivity contribution in [3.05, 3.63) is 59.4 Å². The molecule has 0 saturated heterocycles. The lowest BCUT2D eigenvalue weighted by atomic mass is 10.1. The second-order valence-electron chi connectivity index (χ2n) is 5.99. The van der Waals surface area contributed by atoms with Crippen LogP contribution in [0.15, 0.2) is 42.5 Å². The van der Waals surface area contributed by atoms with E-state index in [1.807, 2.05) is 0 Å². The van der Waals surface area contributed by atoms with Crippen molar-refractivity contribution in [3.63, 3.8) is 0 Å². The Hall–Kier alpha value is -3.35. The van der Waals surface area contributed by atoms with Crippen LogP contribution in [-0.2, 0) is 4.79 Å². The summed E-state index contributed by atoms with van der Waals surface area (Å²) < 4.78 is 24.5. The van der Waals surface area contributed by atoms with E-state index in [0.717, 1.165) is 24.5 Å². The number of amides is 2. The quantitative estimate of drug-likeness (QED) is 0.507. The number of ether oxygens (including phenoxy) is 2. The van der Waals surface area contributed by atoms with E-state index in [2.05, 4.69) is 12.2 Å². The standard InChI is InChI=1S/C21H23FN2O4/c1-3-4-11-28-18-9-5-14(12-19(18)27-2)6-10-20(25)24-15-7-8-17(22)16(13-15)21(23)26/h5-10,12-13H,3-4,11H2,1-2H3,(H2,23,26)(H,24,25)/b10-6+. The first-order valence-electron chi connectivity index (χ1n) is 8.83. The molecule has 7 heteroatoms. The summed E-state index contributed by atoms with van der Waals surface area (Å²) in [6.45, 7) is 2.69. The number of rotatable bonds is 9. The monoisotopic (exact) mass is 386 g/mol. The zero-order valence-corrected chi connectivity index (χ0v) is 15.8. The van der Waals surface area contributed by atoms with Crippen LogP contribution in [0.4, 0.5) is 10.1 Å². The molecule has 3 N–H and O–H groups in total. The molecule has 0 aliphatic heterocycles. The fourth-order valence-electron chi connectivity index (χ4n) is 2.38. The van der Waals surface area contributed by atoms with Crippen molar-refractivity contribution in [2.45, 2.75) is 19.8 Å². The van der Waals surface area contributed by atoms with Gasteiger partial charge in [0.25, 0.3) is 5.91 Å². The Morgan fingerprint density at radius 1 is 1.18 bits per heavy atom. The summed E-state index contributed by atoms with van der Waals surface area (Å²) in [5.74, 6) is -0.873. The van der Waals surface area contributed by atoms with Gasteiger partial charge in [0.1, 0.15) is 5.82 Å². The van der Waals surface area contributed by atoms with Gasteiger partial charge in [-0.25, -0.2) is 4.39 Å². The Morgan fingerprint density at radius 3 is 2.64 bits per heavy atom. The fraction of sp³-hybridized carbons (Fsp3) is 0.238. The van der Waals surface area contributed by atoms with Crippen molar-refractivity contribution in [2.75, 3.05) is 19.0 Å². The van der Waals surface area contributed by atoms with E-state index >= 15 is 0 Å².